The number of hydrazone groups is 1. The highest BCUT2D eigenvalue weighted by molar-refractivity contribution is 5.93. The number of aliphatic hydroxyl groups is 1. The average Bonchev–Trinajstić information content (AvgIpc) is 3.26. The second kappa shape index (κ2) is 7.20. The van der Waals surface area contributed by atoms with Crippen LogP contribution < -0.4 is 4.74 Å². The predicted molar refractivity (Wildman–Crippen MR) is 91.2 cm³/mol. The molecule has 0 spiro atoms. The number of aryl methyl sites for hydroxylation is 1. The lowest BCUT2D eigenvalue weighted by Crippen LogP contribution is -2.56. The summed E-state index contributed by atoms with van der Waals surface area (Å²) in [6.07, 6.45) is -5.21. The van der Waals surface area contributed by atoms with Crippen molar-refractivity contribution >= 4 is 17.8 Å². The van der Waals surface area contributed by atoms with Crippen molar-refractivity contribution in [3.8, 4) is 5.75 Å². The molecule has 29 heavy (non-hydrogen) atoms. The van der Waals surface area contributed by atoms with Gasteiger partial charge in [0.2, 0.25) is 0 Å². The van der Waals surface area contributed by atoms with Crippen LogP contribution in [0.4, 0.5) is 18.9 Å². The first-order valence-corrected chi connectivity index (χ1v) is 8.15. The lowest BCUT2D eigenvalue weighted by Gasteiger charge is -2.31. The molecule has 1 N–H and O–H groups in total. The van der Waals surface area contributed by atoms with Gasteiger partial charge in [0.15, 0.2) is 5.76 Å². The Hall–Kier alpha value is -3.41. The number of alkyl halides is 3. The number of rotatable bonds is 5. The summed E-state index contributed by atoms with van der Waals surface area (Å²) >= 11 is 0. The van der Waals surface area contributed by atoms with Crippen LogP contribution in [-0.4, -0.2) is 39.1 Å². The number of ether oxygens (including phenoxy) is 1. The molecule has 12 heteroatoms. The maximum absolute atomic E-state index is 13.1. The monoisotopic (exact) mass is 413 g/mol. The molecule has 2 heterocycles. The minimum Gasteiger partial charge on any atom is -0.486 e. The summed E-state index contributed by atoms with van der Waals surface area (Å²) in [4.78, 5) is 22.6. The summed E-state index contributed by atoms with van der Waals surface area (Å²) < 4.78 is 49.9. The van der Waals surface area contributed by atoms with Gasteiger partial charge in [0.25, 0.3) is 11.4 Å². The van der Waals surface area contributed by atoms with Crippen molar-refractivity contribution in [3.05, 3.63) is 57.5 Å². The summed E-state index contributed by atoms with van der Waals surface area (Å²) in [5.74, 6) is -1.32. The van der Waals surface area contributed by atoms with E-state index in [9.17, 15) is 33.2 Å². The number of halogens is 3. The van der Waals surface area contributed by atoms with Crippen molar-refractivity contribution in [3.63, 3.8) is 0 Å². The molecule has 0 fully saturated rings. The van der Waals surface area contributed by atoms with Crippen molar-refractivity contribution < 1.29 is 37.1 Å². The van der Waals surface area contributed by atoms with Gasteiger partial charge in [-0.2, -0.15) is 23.3 Å². The smallest absolute Gasteiger partial charge is 0.438 e. The number of furan rings is 1. The summed E-state index contributed by atoms with van der Waals surface area (Å²) in [5, 5.41) is 23.9. The lowest BCUT2D eigenvalue weighted by atomic mass is 10.1. The second-order valence-corrected chi connectivity index (χ2v) is 6.19. The van der Waals surface area contributed by atoms with Crippen LogP contribution in [0.1, 0.15) is 28.3 Å². The van der Waals surface area contributed by atoms with Gasteiger partial charge in [0.05, 0.1) is 4.92 Å². The topological polar surface area (TPSA) is 118 Å². The third kappa shape index (κ3) is 3.78. The van der Waals surface area contributed by atoms with E-state index in [1.807, 2.05) is 0 Å². The molecule has 0 radical (unpaired) electrons. The zero-order chi connectivity index (χ0) is 21.4. The maximum Gasteiger partial charge on any atom is 0.438 e. The van der Waals surface area contributed by atoms with Crippen LogP contribution in [0.2, 0.25) is 0 Å². The molecule has 2 aromatic rings. The van der Waals surface area contributed by atoms with Gasteiger partial charge in [-0.1, -0.05) is 0 Å². The first-order valence-electron chi connectivity index (χ1n) is 8.15. The first-order chi connectivity index (χ1) is 13.5. The van der Waals surface area contributed by atoms with Gasteiger partial charge in [0, 0.05) is 24.3 Å². The van der Waals surface area contributed by atoms with Gasteiger partial charge in [0.1, 0.15) is 18.1 Å². The number of nitro benzene ring substituents is 1. The zero-order valence-corrected chi connectivity index (χ0v) is 14.8. The van der Waals surface area contributed by atoms with Gasteiger partial charge in [-0.15, -0.1) is 0 Å². The Kier molecular flexibility index (Phi) is 5.05. The van der Waals surface area contributed by atoms with E-state index in [4.69, 9.17) is 9.15 Å². The number of amides is 1. The molecule has 1 atom stereocenters. The molecule has 0 unspecified atom stereocenters. The number of carbonyl (C=O) groups excluding carboxylic acids is 1. The molecule has 0 saturated carbocycles. The molecule has 154 valence electrons. The Morgan fingerprint density at radius 3 is 2.76 bits per heavy atom. The van der Waals surface area contributed by atoms with Crippen molar-refractivity contribution in [1.82, 2.24) is 5.01 Å². The molecule has 1 aromatic carbocycles. The Labute approximate surface area is 161 Å². The summed E-state index contributed by atoms with van der Waals surface area (Å²) in [6, 6.07) is 6.54. The van der Waals surface area contributed by atoms with Crippen LogP contribution in [0, 0.1) is 17.0 Å². The van der Waals surface area contributed by atoms with Gasteiger partial charge < -0.3 is 14.3 Å². The maximum atomic E-state index is 13.1. The molecular formula is C17H14F3N3O6. The Balaban J connectivity index is 1.70. The minimum atomic E-state index is -5.11. The Morgan fingerprint density at radius 2 is 2.14 bits per heavy atom. The predicted octanol–water partition coefficient (Wildman–Crippen LogP) is 3.16. The van der Waals surface area contributed by atoms with Crippen molar-refractivity contribution in [2.45, 2.75) is 31.9 Å². The van der Waals surface area contributed by atoms with Crippen LogP contribution in [0.15, 0.2) is 39.9 Å². The molecule has 0 bridgehead atoms. The van der Waals surface area contributed by atoms with Crippen molar-refractivity contribution in [1.29, 1.82) is 0 Å². The number of carbonyl (C=O) groups is 1. The quantitative estimate of drug-likeness (QED) is 0.594. The van der Waals surface area contributed by atoms with Crippen LogP contribution >= 0.6 is 0 Å². The van der Waals surface area contributed by atoms with E-state index in [1.165, 1.54) is 31.2 Å². The molecule has 1 aliphatic heterocycles. The number of nitro groups is 1. The second-order valence-electron chi connectivity index (χ2n) is 6.19. The van der Waals surface area contributed by atoms with E-state index in [2.05, 4.69) is 5.10 Å². The van der Waals surface area contributed by atoms with Crippen LogP contribution in [0.25, 0.3) is 0 Å². The highest BCUT2D eigenvalue weighted by Crippen LogP contribution is 2.39. The highest BCUT2D eigenvalue weighted by Gasteiger charge is 2.61. The van der Waals surface area contributed by atoms with Gasteiger partial charge in [-0.05, 0) is 31.2 Å². The molecule has 1 aliphatic rings. The van der Waals surface area contributed by atoms with Gasteiger partial charge in [-0.3, -0.25) is 14.9 Å². The molecule has 3 rings (SSSR count). The lowest BCUT2D eigenvalue weighted by molar-refractivity contribution is -0.385. The summed E-state index contributed by atoms with van der Waals surface area (Å²) in [7, 11) is 0. The van der Waals surface area contributed by atoms with E-state index < -0.39 is 34.9 Å². The molecule has 1 aromatic heterocycles. The molecule has 0 aliphatic carbocycles. The highest BCUT2D eigenvalue weighted by atomic mass is 19.4. The molecular weight excluding hydrogens is 399 g/mol. The van der Waals surface area contributed by atoms with Crippen LogP contribution in [-0.2, 0) is 6.61 Å². The molecule has 0 saturated heterocycles. The number of nitrogens with zero attached hydrogens (tertiary/aromatic N) is 3. The van der Waals surface area contributed by atoms with Gasteiger partial charge in [-0.25, -0.2) is 0 Å². The summed E-state index contributed by atoms with van der Waals surface area (Å²) in [5.41, 5.74) is -3.14. The SMILES string of the molecule is Cc1cc(OCc2ccc(C(=O)N3N=CC[C@@]3(O)C(F)(F)F)o2)ccc1[N+](=O)[O-]. The largest absolute Gasteiger partial charge is 0.486 e. The van der Waals surface area contributed by atoms with Crippen molar-refractivity contribution in [2.75, 3.05) is 0 Å². The molecule has 9 nitrogen and oxygen atoms in total. The number of benzene rings is 1. The minimum absolute atomic E-state index is 0.0733. The van der Waals surface area contributed by atoms with Crippen LogP contribution in [0.3, 0.4) is 0 Å². The fraction of sp³-hybridized carbons (Fsp3) is 0.294. The summed E-state index contributed by atoms with van der Waals surface area (Å²) in [6.45, 7) is 1.35. The fourth-order valence-corrected chi connectivity index (χ4v) is 2.64. The first kappa shape index (κ1) is 20.3. The Bertz CT molecular complexity index is 987. The normalized spacial score (nSPS) is 18.9. The fourth-order valence-electron chi connectivity index (χ4n) is 2.64. The van der Waals surface area contributed by atoms with Crippen molar-refractivity contribution in [2.24, 2.45) is 5.10 Å². The number of hydrogen-bond acceptors (Lipinski definition) is 7. The average molecular weight is 413 g/mol. The van der Waals surface area contributed by atoms with E-state index >= 15 is 0 Å². The third-order valence-electron chi connectivity index (χ3n) is 4.19. The van der Waals surface area contributed by atoms with E-state index in [1.54, 1.807) is 0 Å². The van der Waals surface area contributed by atoms with E-state index in [0.29, 0.717) is 11.3 Å². The zero-order valence-electron chi connectivity index (χ0n) is 14.8. The van der Waals surface area contributed by atoms with E-state index in [-0.39, 0.29) is 23.1 Å². The molecule has 1 amide bonds. The van der Waals surface area contributed by atoms with E-state index in [0.717, 1.165) is 12.3 Å². The third-order valence-corrected chi connectivity index (χ3v) is 4.19. The standard InChI is InChI=1S/C17H14F3N3O6/c1-10-8-11(2-4-13(10)23(26)27)28-9-12-3-5-14(29-12)15(24)22-16(25,6-7-21-22)17(18,19)20/h2-5,7-8,25H,6,9H2,1H3/t16-/m1/s1. The van der Waals surface area contributed by atoms with Crippen LogP contribution in [0.5, 0.6) is 5.75 Å². The Morgan fingerprint density at radius 1 is 1.41 bits per heavy atom. The van der Waals surface area contributed by atoms with Gasteiger partial charge >= 0.3 is 12.1 Å². The number of hydrogen-bond donors (Lipinski definition) is 1.